The molecule has 6 nitrogen and oxygen atoms in total. The zero-order valence-corrected chi connectivity index (χ0v) is 20.0. The lowest BCUT2D eigenvalue weighted by atomic mass is 10.1. The molecule has 0 saturated heterocycles. The Bertz CT molecular complexity index is 846. The Kier molecular flexibility index (Phi) is 11.8. The number of carbonyl (C=O) groups excluding carboxylic acids is 1. The van der Waals surface area contributed by atoms with E-state index in [0.29, 0.717) is 31.3 Å². The van der Waals surface area contributed by atoms with Gasteiger partial charge in [0.15, 0.2) is 12.6 Å². The Morgan fingerprint density at radius 3 is 2.63 bits per heavy atom. The van der Waals surface area contributed by atoms with E-state index in [1.54, 1.807) is 13.1 Å². The number of amides is 1. The molecule has 0 aliphatic carbocycles. The predicted octanol–water partition coefficient (Wildman–Crippen LogP) is 3.17. The lowest BCUT2D eigenvalue weighted by Gasteiger charge is -2.13. The van der Waals surface area contributed by atoms with Crippen molar-refractivity contribution in [2.24, 2.45) is 4.99 Å². The number of halogens is 2. The van der Waals surface area contributed by atoms with Gasteiger partial charge in [0.05, 0.1) is 0 Å². The van der Waals surface area contributed by atoms with Crippen LogP contribution in [0.25, 0.3) is 0 Å². The minimum atomic E-state index is -0.214. The molecule has 0 fully saturated rings. The van der Waals surface area contributed by atoms with E-state index < -0.39 is 0 Å². The molecule has 0 bridgehead atoms. The van der Waals surface area contributed by atoms with E-state index in [0.717, 1.165) is 23.1 Å². The third kappa shape index (κ3) is 8.98. The summed E-state index contributed by atoms with van der Waals surface area (Å²) in [4.78, 5) is 15.7. The van der Waals surface area contributed by atoms with Gasteiger partial charge in [-0.05, 0) is 61.2 Å². The molecule has 2 aromatic carbocycles. The van der Waals surface area contributed by atoms with Crippen LogP contribution in [0.4, 0.5) is 4.39 Å². The largest absolute Gasteiger partial charge is 0.484 e. The second-order valence-electron chi connectivity index (χ2n) is 6.56. The van der Waals surface area contributed by atoms with E-state index in [1.165, 1.54) is 6.07 Å². The summed E-state index contributed by atoms with van der Waals surface area (Å²) in [6, 6.07) is 12.4. The van der Waals surface area contributed by atoms with Crippen LogP contribution in [-0.2, 0) is 17.8 Å². The van der Waals surface area contributed by atoms with Crippen molar-refractivity contribution in [1.82, 2.24) is 16.0 Å². The van der Waals surface area contributed by atoms with Gasteiger partial charge in [0.25, 0.3) is 5.91 Å². The van der Waals surface area contributed by atoms with Crippen LogP contribution in [-0.4, -0.2) is 38.6 Å². The Morgan fingerprint density at radius 2 is 1.93 bits per heavy atom. The molecule has 164 valence electrons. The maximum Gasteiger partial charge on any atom is 0.257 e. The number of aryl methyl sites for hydroxylation is 1. The average Bonchev–Trinajstić information content (AvgIpc) is 2.71. The fourth-order valence-corrected chi connectivity index (χ4v) is 2.80. The highest BCUT2D eigenvalue weighted by atomic mass is 127. The van der Waals surface area contributed by atoms with E-state index in [2.05, 4.69) is 20.9 Å². The third-order valence-corrected chi connectivity index (χ3v) is 4.32. The summed E-state index contributed by atoms with van der Waals surface area (Å²) in [7, 11) is 1.71. The maximum absolute atomic E-state index is 13.2. The summed E-state index contributed by atoms with van der Waals surface area (Å²) in [5.41, 5.74) is 3.06. The van der Waals surface area contributed by atoms with Gasteiger partial charge < -0.3 is 20.7 Å². The van der Waals surface area contributed by atoms with E-state index in [9.17, 15) is 9.18 Å². The summed E-state index contributed by atoms with van der Waals surface area (Å²) in [6.45, 7) is 5.60. The predicted molar refractivity (Wildman–Crippen MR) is 129 cm³/mol. The number of nitrogens with one attached hydrogen (secondary N) is 3. The van der Waals surface area contributed by atoms with E-state index in [-0.39, 0.29) is 42.3 Å². The number of hydrogen-bond donors (Lipinski definition) is 3. The first-order valence-corrected chi connectivity index (χ1v) is 9.69. The Morgan fingerprint density at radius 1 is 1.13 bits per heavy atom. The first-order valence-electron chi connectivity index (χ1n) is 9.69. The molecule has 0 spiro atoms. The van der Waals surface area contributed by atoms with Gasteiger partial charge in [-0.15, -0.1) is 24.0 Å². The van der Waals surface area contributed by atoms with Crippen molar-refractivity contribution >= 4 is 35.8 Å². The standard InChI is InChI=1S/C22H29FN4O2.HI/c1-4-25-21(28)15-29-20-7-5-6-17(13-20)14-27-22(24-3)26-11-10-18-8-9-19(23)12-16(18)2;/h5-9,12-13H,4,10-11,14-15H2,1-3H3,(H,25,28)(H2,24,26,27);1H. The van der Waals surface area contributed by atoms with Crippen molar-refractivity contribution < 1.29 is 13.9 Å². The first kappa shape index (κ1) is 25.7. The lowest BCUT2D eigenvalue weighted by Crippen LogP contribution is -2.37. The number of ether oxygens (including phenoxy) is 1. The Hall–Kier alpha value is -2.36. The molecule has 3 N–H and O–H groups in total. The molecule has 0 aromatic heterocycles. The topological polar surface area (TPSA) is 74.8 Å². The lowest BCUT2D eigenvalue weighted by molar-refractivity contribution is -0.122. The van der Waals surface area contributed by atoms with Crippen molar-refractivity contribution in [2.45, 2.75) is 26.8 Å². The average molecular weight is 528 g/mol. The van der Waals surface area contributed by atoms with Gasteiger partial charge in [0.2, 0.25) is 0 Å². The van der Waals surface area contributed by atoms with Crippen LogP contribution in [0, 0.1) is 12.7 Å². The summed E-state index contributed by atoms with van der Waals surface area (Å²) < 4.78 is 18.7. The summed E-state index contributed by atoms with van der Waals surface area (Å²) in [6.07, 6.45) is 0.774. The van der Waals surface area contributed by atoms with Gasteiger partial charge in [-0.25, -0.2) is 4.39 Å². The smallest absolute Gasteiger partial charge is 0.257 e. The van der Waals surface area contributed by atoms with Crippen molar-refractivity contribution in [3.8, 4) is 5.75 Å². The molecule has 0 saturated carbocycles. The fourth-order valence-electron chi connectivity index (χ4n) is 2.80. The number of guanidine groups is 1. The normalized spacial score (nSPS) is 10.7. The van der Waals surface area contributed by atoms with Crippen LogP contribution in [0.3, 0.4) is 0 Å². The number of hydrogen-bond acceptors (Lipinski definition) is 3. The molecule has 2 rings (SSSR count). The van der Waals surface area contributed by atoms with Crippen LogP contribution >= 0.6 is 24.0 Å². The van der Waals surface area contributed by atoms with Gasteiger partial charge in [0, 0.05) is 26.7 Å². The molecular formula is C22H30FIN4O2. The van der Waals surface area contributed by atoms with Crippen molar-refractivity contribution in [2.75, 3.05) is 26.7 Å². The van der Waals surface area contributed by atoms with Crippen LogP contribution in [0.15, 0.2) is 47.5 Å². The molecule has 30 heavy (non-hydrogen) atoms. The highest BCUT2D eigenvalue weighted by Gasteiger charge is 2.04. The van der Waals surface area contributed by atoms with Gasteiger partial charge in [0.1, 0.15) is 11.6 Å². The van der Waals surface area contributed by atoms with Crippen LogP contribution in [0.1, 0.15) is 23.6 Å². The second-order valence-corrected chi connectivity index (χ2v) is 6.56. The fraction of sp³-hybridized carbons (Fsp3) is 0.364. The van der Waals surface area contributed by atoms with Crippen LogP contribution < -0.4 is 20.7 Å². The van der Waals surface area contributed by atoms with Crippen molar-refractivity contribution in [3.05, 3.63) is 65.0 Å². The number of nitrogens with zero attached hydrogens (tertiary/aromatic N) is 1. The van der Waals surface area contributed by atoms with Gasteiger partial charge >= 0.3 is 0 Å². The highest BCUT2D eigenvalue weighted by molar-refractivity contribution is 14.0. The molecule has 0 atom stereocenters. The molecule has 0 aliphatic heterocycles. The number of rotatable bonds is 9. The summed E-state index contributed by atoms with van der Waals surface area (Å²) in [5, 5.41) is 9.21. The number of carbonyl (C=O) groups is 1. The quantitative estimate of drug-likeness (QED) is 0.266. The third-order valence-electron chi connectivity index (χ3n) is 4.32. The van der Waals surface area contributed by atoms with E-state index >= 15 is 0 Å². The van der Waals surface area contributed by atoms with E-state index in [1.807, 2.05) is 44.2 Å². The maximum atomic E-state index is 13.2. The zero-order valence-electron chi connectivity index (χ0n) is 17.6. The Labute approximate surface area is 194 Å². The number of benzene rings is 2. The van der Waals surface area contributed by atoms with Gasteiger partial charge in [-0.3, -0.25) is 9.79 Å². The van der Waals surface area contributed by atoms with Crippen molar-refractivity contribution in [3.63, 3.8) is 0 Å². The second kappa shape index (κ2) is 13.8. The molecule has 0 heterocycles. The summed E-state index contributed by atoms with van der Waals surface area (Å²) >= 11 is 0. The highest BCUT2D eigenvalue weighted by Crippen LogP contribution is 2.13. The molecular weight excluding hydrogens is 498 g/mol. The van der Waals surface area contributed by atoms with Crippen LogP contribution in [0.2, 0.25) is 0 Å². The van der Waals surface area contributed by atoms with Gasteiger partial charge in [-0.1, -0.05) is 18.2 Å². The molecule has 2 aromatic rings. The molecule has 8 heteroatoms. The van der Waals surface area contributed by atoms with Crippen LogP contribution in [0.5, 0.6) is 5.75 Å². The van der Waals surface area contributed by atoms with Crippen molar-refractivity contribution in [1.29, 1.82) is 0 Å². The molecule has 0 unspecified atom stereocenters. The number of aliphatic imine (C=N–C) groups is 1. The zero-order chi connectivity index (χ0) is 21.1. The number of likely N-dealkylation sites (N-methyl/N-ethyl adjacent to an activating group) is 1. The minimum Gasteiger partial charge on any atom is -0.484 e. The van der Waals surface area contributed by atoms with Gasteiger partial charge in [-0.2, -0.15) is 0 Å². The van der Waals surface area contributed by atoms with E-state index in [4.69, 9.17) is 4.74 Å². The molecule has 0 radical (unpaired) electrons. The SMILES string of the molecule is CCNC(=O)COc1cccc(CNC(=NC)NCCc2ccc(F)cc2C)c1.I. The monoisotopic (exact) mass is 528 g/mol. The molecule has 0 aliphatic rings. The Balaban J connectivity index is 0.00000450. The first-order chi connectivity index (χ1) is 14.0. The minimum absolute atomic E-state index is 0. The molecule has 1 amide bonds. The summed E-state index contributed by atoms with van der Waals surface area (Å²) in [5.74, 6) is 0.967.